The Morgan fingerprint density at radius 1 is 1.39 bits per heavy atom. The highest BCUT2D eigenvalue weighted by molar-refractivity contribution is 5.98. The van der Waals surface area contributed by atoms with Gasteiger partial charge in [0.25, 0.3) is 5.92 Å². The fraction of sp³-hybridized carbons (Fsp3) is 0.533. The zero-order valence-corrected chi connectivity index (χ0v) is 12.3. The van der Waals surface area contributed by atoms with Gasteiger partial charge in [0.05, 0.1) is 6.20 Å². The van der Waals surface area contributed by atoms with E-state index in [1.165, 1.54) is 0 Å². The largest absolute Gasteiger partial charge is 0.381 e. The van der Waals surface area contributed by atoms with Crippen molar-refractivity contribution in [2.75, 3.05) is 18.5 Å². The smallest absolute Gasteiger partial charge is 0.264 e. The number of fused-ring (bicyclic) bond motifs is 1. The molecule has 0 bridgehead atoms. The summed E-state index contributed by atoms with van der Waals surface area (Å²) in [6, 6.07) is 1.72. The first-order chi connectivity index (χ1) is 11.0. The summed E-state index contributed by atoms with van der Waals surface area (Å²) in [5, 5.41) is 2.56. The summed E-state index contributed by atoms with van der Waals surface area (Å²) in [6.07, 6.45) is 5.43. The molecule has 1 saturated heterocycles. The zero-order chi connectivity index (χ0) is 16.1. The second-order valence-electron chi connectivity index (χ2n) is 6.15. The number of halogens is 2. The van der Waals surface area contributed by atoms with Crippen LogP contribution in [0.15, 0.2) is 24.7 Å². The van der Waals surface area contributed by atoms with E-state index in [4.69, 9.17) is 4.74 Å². The lowest BCUT2D eigenvalue weighted by molar-refractivity contribution is -0.130. The number of alkyl halides is 2. The molecule has 23 heavy (non-hydrogen) atoms. The fourth-order valence-electron chi connectivity index (χ4n) is 3.49. The molecule has 1 saturated carbocycles. The highest BCUT2D eigenvalue weighted by Crippen LogP contribution is 2.66. The van der Waals surface area contributed by atoms with E-state index in [0.29, 0.717) is 31.8 Å². The first-order valence-corrected chi connectivity index (χ1v) is 7.60. The second kappa shape index (κ2) is 4.95. The number of amides is 1. The number of anilines is 1. The number of carbonyl (C=O) groups excluding carboxylic acids is 1. The van der Waals surface area contributed by atoms with Crippen molar-refractivity contribution >= 4 is 17.5 Å². The number of nitrogens with zero attached hydrogens (tertiary/aromatic N) is 3. The van der Waals surface area contributed by atoms with Gasteiger partial charge in [-0.3, -0.25) is 9.20 Å². The minimum absolute atomic E-state index is 0.239. The minimum Gasteiger partial charge on any atom is -0.381 e. The number of ether oxygens (including phenoxy) is 1. The lowest BCUT2D eigenvalue weighted by Gasteiger charge is -2.29. The molecule has 1 amide bonds. The third-order valence-electron chi connectivity index (χ3n) is 4.83. The van der Waals surface area contributed by atoms with Gasteiger partial charge in [0.15, 0.2) is 5.82 Å². The molecule has 0 radical (unpaired) electrons. The Morgan fingerprint density at radius 2 is 2.13 bits per heavy atom. The van der Waals surface area contributed by atoms with Crippen LogP contribution in [0, 0.1) is 11.3 Å². The maximum Gasteiger partial charge on any atom is 0.264 e. The standard InChI is InChI=1S/C15H16F2N4O2/c16-15(17)9-14(15,10-2-6-23-7-3-10)12(22)19-11-8-21-5-1-4-18-13(21)20-11/h1,4-5,8,10H,2-3,6-7,9H2,(H,19,22). The Balaban J connectivity index is 1.59. The summed E-state index contributed by atoms with van der Waals surface area (Å²) in [7, 11) is 0. The van der Waals surface area contributed by atoms with E-state index < -0.39 is 23.7 Å². The Hall–Kier alpha value is -2.09. The van der Waals surface area contributed by atoms with Crippen LogP contribution in [-0.2, 0) is 9.53 Å². The zero-order valence-electron chi connectivity index (χ0n) is 12.3. The summed E-state index contributed by atoms with van der Waals surface area (Å²) in [4.78, 5) is 20.8. The lowest BCUT2D eigenvalue weighted by atomic mass is 9.81. The molecule has 0 spiro atoms. The fourth-order valence-corrected chi connectivity index (χ4v) is 3.49. The molecule has 1 N–H and O–H groups in total. The monoisotopic (exact) mass is 322 g/mol. The van der Waals surface area contributed by atoms with Crippen molar-refractivity contribution in [2.45, 2.75) is 25.2 Å². The molecule has 122 valence electrons. The number of nitrogens with one attached hydrogen (secondary N) is 1. The van der Waals surface area contributed by atoms with Gasteiger partial charge in [-0.05, 0) is 24.8 Å². The summed E-state index contributed by atoms with van der Waals surface area (Å²) in [6.45, 7) is 0.849. The van der Waals surface area contributed by atoms with Gasteiger partial charge >= 0.3 is 0 Å². The average Bonchev–Trinajstić information content (AvgIpc) is 2.93. The SMILES string of the molecule is O=C(Nc1cn2cccnc2n1)C1(C2CCOCC2)CC1(F)F. The predicted octanol–water partition coefficient (Wildman–Crippen LogP) is 2.12. The summed E-state index contributed by atoms with van der Waals surface area (Å²) >= 11 is 0. The number of imidazole rings is 1. The van der Waals surface area contributed by atoms with Crippen molar-refractivity contribution in [3.05, 3.63) is 24.7 Å². The van der Waals surface area contributed by atoms with E-state index in [1.807, 2.05) is 0 Å². The molecule has 2 aliphatic rings. The summed E-state index contributed by atoms with van der Waals surface area (Å²) in [5.41, 5.74) is -1.62. The van der Waals surface area contributed by atoms with Gasteiger partial charge in [-0.2, -0.15) is 4.98 Å². The number of carbonyl (C=O) groups is 1. The van der Waals surface area contributed by atoms with Crippen LogP contribution in [0.25, 0.3) is 5.78 Å². The molecule has 1 atom stereocenters. The van der Waals surface area contributed by atoms with Gasteiger partial charge in [-0.15, -0.1) is 0 Å². The molecule has 8 heteroatoms. The molecule has 1 aliphatic carbocycles. The Labute approximate surface area is 130 Å². The Kier molecular flexibility index (Phi) is 3.12. The third-order valence-corrected chi connectivity index (χ3v) is 4.83. The van der Waals surface area contributed by atoms with Crippen LogP contribution in [0.5, 0.6) is 0 Å². The molecule has 2 aromatic rings. The molecule has 2 aromatic heterocycles. The van der Waals surface area contributed by atoms with Crippen molar-refractivity contribution in [3.8, 4) is 0 Å². The third kappa shape index (κ3) is 2.20. The molecule has 0 aromatic carbocycles. The number of aromatic nitrogens is 3. The summed E-state index contributed by atoms with van der Waals surface area (Å²) < 4.78 is 35.0. The Morgan fingerprint density at radius 3 is 2.78 bits per heavy atom. The molecule has 1 aliphatic heterocycles. The molecular formula is C15H16F2N4O2. The van der Waals surface area contributed by atoms with E-state index in [-0.39, 0.29) is 11.7 Å². The van der Waals surface area contributed by atoms with Crippen molar-refractivity contribution in [3.63, 3.8) is 0 Å². The van der Waals surface area contributed by atoms with Crippen molar-refractivity contribution < 1.29 is 18.3 Å². The first kappa shape index (κ1) is 14.5. The van der Waals surface area contributed by atoms with Gasteiger partial charge in [0.1, 0.15) is 5.41 Å². The van der Waals surface area contributed by atoms with E-state index in [2.05, 4.69) is 15.3 Å². The summed E-state index contributed by atoms with van der Waals surface area (Å²) in [5.74, 6) is -3.33. The predicted molar refractivity (Wildman–Crippen MR) is 77.2 cm³/mol. The van der Waals surface area contributed by atoms with E-state index in [0.717, 1.165) is 0 Å². The Bertz CT molecular complexity index is 724. The van der Waals surface area contributed by atoms with Crippen LogP contribution in [0.3, 0.4) is 0 Å². The van der Waals surface area contributed by atoms with Gasteiger partial charge in [-0.1, -0.05) is 0 Å². The quantitative estimate of drug-likeness (QED) is 0.940. The average molecular weight is 322 g/mol. The number of hydrogen-bond acceptors (Lipinski definition) is 4. The molecule has 2 fully saturated rings. The van der Waals surface area contributed by atoms with Crippen molar-refractivity contribution in [2.24, 2.45) is 11.3 Å². The van der Waals surface area contributed by atoms with Gasteiger partial charge in [-0.25, -0.2) is 13.8 Å². The molecule has 6 nitrogen and oxygen atoms in total. The van der Waals surface area contributed by atoms with Crippen LogP contribution >= 0.6 is 0 Å². The minimum atomic E-state index is -2.96. The van der Waals surface area contributed by atoms with Crippen LogP contribution in [0.4, 0.5) is 14.6 Å². The molecular weight excluding hydrogens is 306 g/mol. The second-order valence-corrected chi connectivity index (χ2v) is 6.15. The van der Waals surface area contributed by atoms with Crippen LogP contribution in [0.1, 0.15) is 19.3 Å². The maximum atomic E-state index is 14.1. The van der Waals surface area contributed by atoms with Crippen molar-refractivity contribution in [1.82, 2.24) is 14.4 Å². The number of rotatable bonds is 3. The van der Waals surface area contributed by atoms with Crippen LogP contribution in [0.2, 0.25) is 0 Å². The highest BCUT2D eigenvalue weighted by atomic mass is 19.3. The maximum absolute atomic E-state index is 14.1. The lowest BCUT2D eigenvalue weighted by Crippen LogP contribution is -2.38. The van der Waals surface area contributed by atoms with Crippen LogP contribution in [-0.4, -0.2) is 39.4 Å². The normalized spacial score (nSPS) is 27.0. The molecule has 3 heterocycles. The van der Waals surface area contributed by atoms with E-state index in [1.54, 1.807) is 29.1 Å². The van der Waals surface area contributed by atoms with Crippen molar-refractivity contribution in [1.29, 1.82) is 0 Å². The number of hydrogen-bond donors (Lipinski definition) is 1. The van der Waals surface area contributed by atoms with E-state index >= 15 is 0 Å². The van der Waals surface area contributed by atoms with Gasteiger partial charge in [0.2, 0.25) is 11.7 Å². The topological polar surface area (TPSA) is 68.5 Å². The van der Waals surface area contributed by atoms with Gasteiger partial charge in [0, 0.05) is 32.0 Å². The molecule has 1 unspecified atom stereocenters. The first-order valence-electron chi connectivity index (χ1n) is 7.60. The van der Waals surface area contributed by atoms with Gasteiger partial charge < -0.3 is 10.1 Å². The molecule has 4 rings (SSSR count). The van der Waals surface area contributed by atoms with Crippen LogP contribution < -0.4 is 5.32 Å². The van der Waals surface area contributed by atoms with E-state index in [9.17, 15) is 13.6 Å². The highest BCUT2D eigenvalue weighted by Gasteiger charge is 2.78.